The zero-order chi connectivity index (χ0) is 8.55. The van der Waals surface area contributed by atoms with E-state index < -0.39 is 12.2 Å². The Morgan fingerprint density at radius 1 is 1.17 bits per heavy atom. The van der Waals surface area contributed by atoms with E-state index in [9.17, 15) is 10.2 Å². The highest BCUT2D eigenvalue weighted by molar-refractivity contribution is 5.31. The number of rotatable bonds is 0. The largest absolute Gasteiger partial charge is 0.390 e. The third kappa shape index (κ3) is 1.13. The molecule has 0 aromatic heterocycles. The second-order valence-corrected chi connectivity index (χ2v) is 3.25. The van der Waals surface area contributed by atoms with Crippen LogP contribution in [0, 0.1) is 0 Å². The van der Waals surface area contributed by atoms with Gasteiger partial charge in [0.2, 0.25) is 0 Å². The summed E-state index contributed by atoms with van der Waals surface area (Å²) in [5.74, 6) is 0. The predicted molar refractivity (Wildman–Crippen MR) is 45.7 cm³/mol. The minimum atomic E-state index is -0.685. The molecule has 2 nitrogen and oxygen atoms in total. The van der Waals surface area contributed by atoms with Crippen LogP contribution in [0.3, 0.4) is 0 Å². The molecule has 0 unspecified atom stereocenters. The van der Waals surface area contributed by atoms with Gasteiger partial charge in [0.15, 0.2) is 0 Å². The van der Waals surface area contributed by atoms with E-state index in [1.165, 1.54) is 0 Å². The van der Waals surface area contributed by atoms with Gasteiger partial charge in [0.25, 0.3) is 0 Å². The molecule has 1 aliphatic rings. The van der Waals surface area contributed by atoms with E-state index >= 15 is 0 Å². The van der Waals surface area contributed by atoms with Gasteiger partial charge in [-0.15, -0.1) is 0 Å². The van der Waals surface area contributed by atoms with Crippen molar-refractivity contribution in [2.45, 2.75) is 25.0 Å². The van der Waals surface area contributed by atoms with E-state index in [0.29, 0.717) is 6.42 Å². The van der Waals surface area contributed by atoms with Gasteiger partial charge in [-0.3, -0.25) is 0 Å². The molecule has 1 aliphatic carbocycles. The van der Waals surface area contributed by atoms with E-state index in [0.717, 1.165) is 17.5 Å². The zero-order valence-corrected chi connectivity index (χ0v) is 6.77. The van der Waals surface area contributed by atoms with Crippen LogP contribution in [0.2, 0.25) is 0 Å². The first-order valence-corrected chi connectivity index (χ1v) is 4.23. The number of aryl methyl sites for hydroxylation is 1. The van der Waals surface area contributed by atoms with Crippen LogP contribution in [0.5, 0.6) is 0 Å². The Balaban J connectivity index is 2.42. The maximum atomic E-state index is 9.58. The average Bonchev–Trinajstić information content (AvgIpc) is 2.12. The van der Waals surface area contributed by atoms with Crippen molar-refractivity contribution in [1.82, 2.24) is 0 Å². The average molecular weight is 164 g/mol. The van der Waals surface area contributed by atoms with Crippen LogP contribution in [0.4, 0.5) is 0 Å². The topological polar surface area (TPSA) is 40.5 Å². The fourth-order valence-electron chi connectivity index (χ4n) is 1.72. The maximum Gasteiger partial charge on any atom is 0.105 e. The van der Waals surface area contributed by atoms with Crippen molar-refractivity contribution in [2.24, 2.45) is 0 Å². The van der Waals surface area contributed by atoms with Crippen molar-refractivity contribution in [3.8, 4) is 0 Å². The lowest BCUT2D eigenvalue weighted by atomic mass is 9.88. The molecular weight excluding hydrogens is 152 g/mol. The summed E-state index contributed by atoms with van der Waals surface area (Å²) in [4.78, 5) is 0. The summed E-state index contributed by atoms with van der Waals surface area (Å²) >= 11 is 0. The molecule has 0 aliphatic heterocycles. The lowest BCUT2D eigenvalue weighted by molar-refractivity contribution is 0.00650. The third-order valence-corrected chi connectivity index (χ3v) is 2.45. The molecule has 0 saturated carbocycles. The van der Waals surface area contributed by atoms with Crippen molar-refractivity contribution in [3.63, 3.8) is 0 Å². The van der Waals surface area contributed by atoms with Crippen molar-refractivity contribution in [2.75, 3.05) is 0 Å². The maximum absolute atomic E-state index is 9.58. The Hall–Kier alpha value is -0.860. The molecule has 0 heterocycles. The first-order valence-electron chi connectivity index (χ1n) is 4.23. The third-order valence-electron chi connectivity index (χ3n) is 2.45. The van der Waals surface area contributed by atoms with Crippen molar-refractivity contribution < 1.29 is 10.2 Å². The van der Waals surface area contributed by atoms with Gasteiger partial charge in [-0.25, -0.2) is 0 Å². The first-order chi connectivity index (χ1) is 5.79. The molecule has 2 atom stereocenters. The van der Waals surface area contributed by atoms with Crippen molar-refractivity contribution in [3.05, 3.63) is 35.4 Å². The number of aliphatic hydroxyl groups excluding tert-OH is 2. The normalized spacial score (nSPS) is 28.2. The van der Waals surface area contributed by atoms with Gasteiger partial charge < -0.3 is 10.2 Å². The zero-order valence-electron chi connectivity index (χ0n) is 6.77. The molecule has 0 fully saturated rings. The Kier molecular flexibility index (Phi) is 1.87. The quantitative estimate of drug-likeness (QED) is 0.601. The lowest BCUT2D eigenvalue weighted by Gasteiger charge is -2.25. The number of aliphatic hydroxyl groups is 2. The van der Waals surface area contributed by atoms with E-state index in [4.69, 9.17) is 0 Å². The van der Waals surface area contributed by atoms with Gasteiger partial charge in [-0.1, -0.05) is 24.3 Å². The molecule has 12 heavy (non-hydrogen) atoms. The predicted octanol–water partition coefficient (Wildman–Crippen LogP) is 1.03. The van der Waals surface area contributed by atoms with E-state index in [1.54, 1.807) is 0 Å². The second-order valence-electron chi connectivity index (χ2n) is 3.25. The Bertz CT molecular complexity index is 283. The molecule has 2 heteroatoms. The molecular formula is C10H12O2. The van der Waals surface area contributed by atoms with Crippen molar-refractivity contribution >= 4 is 0 Å². The number of hydrogen-bond donors (Lipinski definition) is 2. The standard InChI is InChI=1S/C10H12O2/c11-9-6-5-7-3-1-2-4-8(7)10(9)12/h1-4,9-12H,5-6H2/t9-,10-/m0/s1. The molecule has 2 N–H and O–H groups in total. The van der Waals surface area contributed by atoms with Crippen LogP contribution < -0.4 is 0 Å². The molecule has 0 bridgehead atoms. The summed E-state index contributed by atoms with van der Waals surface area (Å²) in [7, 11) is 0. The highest BCUT2D eigenvalue weighted by Crippen LogP contribution is 2.29. The van der Waals surface area contributed by atoms with Crippen LogP contribution >= 0.6 is 0 Å². The van der Waals surface area contributed by atoms with Gasteiger partial charge >= 0.3 is 0 Å². The number of hydrogen-bond acceptors (Lipinski definition) is 2. The van der Waals surface area contributed by atoms with Crippen LogP contribution in [0.15, 0.2) is 24.3 Å². The molecule has 0 saturated heterocycles. The smallest absolute Gasteiger partial charge is 0.105 e. The molecule has 2 rings (SSSR count). The number of fused-ring (bicyclic) bond motifs is 1. The molecule has 0 amide bonds. The van der Waals surface area contributed by atoms with Gasteiger partial charge in [-0.05, 0) is 24.0 Å². The fraction of sp³-hybridized carbons (Fsp3) is 0.400. The summed E-state index contributed by atoms with van der Waals surface area (Å²) in [5, 5.41) is 19.0. The Morgan fingerprint density at radius 3 is 2.75 bits per heavy atom. The SMILES string of the molecule is O[C@H]1CCc2ccccc2[C@@H]1O. The Labute approximate surface area is 71.5 Å². The highest BCUT2D eigenvalue weighted by Gasteiger charge is 2.25. The fourth-order valence-corrected chi connectivity index (χ4v) is 1.72. The van der Waals surface area contributed by atoms with Crippen molar-refractivity contribution in [1.29, 1.82) is 0 Å². The van der Waals surface area contributed by atoms with Crippen LogP contribution in [-0.2, 0) is 6.42 Å². The molecule has 1 aromatic carbocycles. The van der Waals surface area contributed by atoms with E-state index in [2.05, 4.69) is 0 Å². The van der Waals surface area contributed by atoms with Gasteiger partial charge in [0, 0.05) is 0 Å². The minimum Gasteiger partial charge on any atom is -0.390 e. The van der Waals surface area contributed by atoms with Crippen LogP contribution in [-0.4, -0.2) is 16.3 Å². The highest BCUT2D eigenvalue weighted by atomic mass is 16.3. The molecule has 64 valence electrons. The lowest BCUT2D eigenvalue weighted by Crippen LogP contribution is -2.24. The van der Waals surface area contributed by atoms with Gasteiger partial charge in [0.1, 0.15) is 6.10 Å². The first kappa shape index (κ1) is 7.77. The number of benzene rings is 1. The summed E-state index contributed by atoms with van der Waals surface area (Å²) < 4.78 is 0. The summed E-state index contributed by atoms with van der Waals surface area (Å²) in [6.45, 7) is 0. The van der Waals surface area contributed by atoms with Crippen LogP contribution in [0.25, 0.3) is 0 Å². The van der Waals surface area contributed by atoms with Crippen LogP contribution in [0.1, 0.15) is 23.7 Å². The monoisotopic (exact) mass is 164 g/mol. The molecule has 0 radical (unpaired) electrons. The minimum absolute atomic E-state index is 0.583. The summed E-state index contributed by atoms with van der Waals surface area (Å²) in [5.41, 5.74) is 2.05. The summed E-state index contributed by atoms with van der Waals surface area (Å²) in [6.07, 6.45) is 0.266. The molecule has 1 aromatic rings. The van der Waals surface area contributed by atoms with Gasteiger partial charge in [-0.2, -0.15) is 0 Å². The van der Waals surface area contributed by atoms with E-state index in [-0.39, 0.29) is 0 Å². The van der Waals surface area contributed by atoms with Gasteiger partial charge in [0.05, 0.1) is 6.10 Å². The molecule has 0 spiro atoms. The van der Waals surface area contributed by atoms with E-state index in [1.807, 2.05) is 24.3 Å². The second kappa shape index (κ2) is 2.88. The summed E-state index contributed by atoms with van der Waals surface area (Å²) in [6, 6.07) is 7.73. The Morgan fingerprint density at radius 2 is 1.92 bits per heavy atom.